The molecule has 4 aromatic heterocycles. The molecule has 0 atom stereocenters. The zero-order valence-electron chi connectivity index (χ0n) is 12.7. The number of nitrogens with zero attached hydrogens (tertiary/aromatic N) is 4. The largest absolute Gasteiger partial charge is 0.477 e. The summed E-state index contributed by atoms with van der Waals surface area (Å²) in [6.07, 6.45) is 6.31. The van der Waals surface area contributed by atoms with E-state index in [9.17, 15) is 14.7 Å². The van der Waals surface area contributed by atoms with Gasteiger partial charge in [0, 0.05) is 35.9 Å². The number of fused-ring (bicyclic) bond motifs is 1. The monoisotopic (exact) mass is 353 g/mol. The molecule has 0 spiro atoms. The van der Waals surface area contributed by atoms with Gasteiger partial charge in [-0.15, -0.1) is 11.3 Å². The third kappa shape index (κ3) is 2.46. The lowest BCUT2D eigenvalue weighted by Crippen LogP contribution is -2.19. The van der Waals surface area contributed by atoms with E-state index in [0.29, 0.717) is 22.3 Å². The number of carboxylic acids is 1. The van der Waals surface area contributed by atoms with Crippen LogP contribution in [0.25, 0.3) is 22.0 Å². The highest BCUT2D eigenvalue weighted by Gasteiger charge is 2.17. The molecule has 0 aliphatic rings. The smallest absolute Gasteiger partial charge is 0.341 e. The van der Waals surface area contributed by atoms with Gasteiger partial charge in [-0.25, -0.2) is 14.8 Å². The Hall–Kier alpha value is -3.46. The summed E-state index contributed by atoms with van der Waals surface area (Å²) in [6.45, 7) is 0. The molecule has 8 nitrogen and oxygen atoms in total. The maximum absolute atomic E-state index is 12.5. The zero-order chi connectivity index (χ0) is 17.6. The summed E-state index contributed by atoms with van der Waals surface area (Å²) in [5.74, 6) is -0.739. The molecule has 4 heterocycles. The minimum absolute atomic E-state index is 0.207. The molecule has 124 valence electrons. The van der Waals surface area contributed by atoms with Crippen molar-refractivity contribution in [1.29, 1.82) is 0 Å². The normalized spacial score (nSPS) is 11.0. The summed E-state index contributed by atoms with van der Waals surface area (Å²) in [5, 5.41) is 11.8. The maximum Gasteiger partial charge on any atom is 0.341 e. The minimum atomic E-state index is -1.29. The highest BCUT2D eigenvalue weighted by atomic mass is 32.1. The Morgan fingerprint density at radius 3 is 2.72 bits per heavy atom. The Bertz CT molecular complexity index is 1160. The number of aromatic carboxylic acids is 1. The molecule has 0 unspecified atom stereocenters. The lowest BCUT2D eigenvalue weighted by Gasteiger charge is -2.10. The van der Waals surface area contributed by atoms with E-state index in [1.165, 1.54) is 22.1 Å². The second-order valence-electron chi connectivity index (χ2n) is 5.25. The van der Waals surface area contributed by atoms with Crippen molar-refractivity contribution < 1.29 is 9.90 Å². The fraction of sp³-hybridized carbons (Fsp3) is 0. The second-order valence-corrected chi connectivity index (χ2v) is 6.13. The van der Waals surface area contributed by atoms with Crippen molar-refractivity contribution in [3.63, 3.8) is 0 Å². The van der Waals surface area contributed by atoms with Crippen LogP contribution >= 0.6 is 11.3 Å². The first-order valence-corrected chi connectivity index (χ1v) is 8.06. The van der Waals surface area contributed by atoms with Crippen molar-refractivity contribution in [2.45, 2.75) is 0 Å². The number of thiazole rings is 1. The van der Waals surface area contributed by atoms with Crippen LogP contribution in [-0.2, 0) is 0 Å². The Kier molecular flexibility index (Phi) is 3.36. The standard InChI is InChI=1S/C16H11N5O3S/c17-9-3-5-20(7-9)12-2-1-10-13(22)11(15(23)24)8-21(14(10)19-12)16-18-4-6-25-16/h1-8H,17H2,(H,23,24). The number of rotatable bonds is 3. The van der Waals surface area contributed by atoms with Gasteiger partial charge in [-0.2, -0.15) is 0 Å². The molecule has 0 aliphatic heterocycles. The van der Waals surface area contributed by atoms with Crippen molar-refractivity contribution in [2.75, 3.05) is 5.73 Å². The van der Waals surface area contributed by atoms with Gasteiger partial charge < -0.3 is 15.4 Å². The highest BCUT2D eigenvalue weighted by Crippen LogP contribution is 2.20. The van der Waals surface area contributed by atoms with Gasteiger partial charge >= 0.3 is 5.97 Å². The van der Waals surface area contributed by atoms with Crippen LogP contribution in [0.4, 0.5) is 5.69 Å². The minimum Gasteiger partial charge on any atom is -0.477 e. The lowest BCUT2D eigenvalue weighted by molar-refractivity contribution is 0.0695. The Morgan fingerprint density at radius 1 is 1.24 bits per heavy atom. The number of carbonyl (C=O) groups is 1. The summed E-state index contributed by atoms with van der Waals surface area (Å²) in [7, 11) is 0. The zero-order valence-corrected chi connectivity index (χ0v) is 13.5. The third-order valence-corrected chi connectivity index (χ3v) is 4.44. The van der Waals surface area contributed by atoms with E-state index in [1.54, 1.807) is 46.7 Å². The number of hydrogen-bond donors (Lipinski definition) is 2. The molecule has 0 fully saturated rings. The number of carboxylic acid groups (broad SMARTS) is 1. The Labute approximate surface area is 144 Å². The van der Waals surface area contributed by atoms with Crippen LogP contribution in [0.5, 0.6) is 0 Å². The lowest BCUT2D eigenvalue weighted by atomic mass is 10.2. The van der Waals surface area contributed by atoms with E-state index >= 15 is 0 Å². The van der Waals surface area contributed by atoms with Crippen molar-refractivity contribution in [3.8, 4) is 10.9 Å². The third-order valence-electron chi connectivity index (χ3n) is 3.67. The van der Waals surface area contributed by atoms with Crippen molar-refractivity contribution >= 4 is 34.0 Å². The topological polar surface area (TPSA) is 116 Å². The number of hydrogen-bond acceptors (Lipinski definition) is 6. The van der Waals surface area contributed by atoms with Gasteiger partial charge in [0.1, 0.15) is 11.4 Å². The first-order valence-electron chi connectivity index (χ1n) is 7.18. The molecule has 0 saturated heterocycles. The van der Waals surface area contributed by atoms with Crippen molar-refractivity contribution in [1.82, 2.24) is 19.1 Å². The van der Waals surface area contributed by atoms with E-state index in [1.807, 2.05) is 0 Å². The van der Waals surface area contributed by atoms with E-state index in [0.717, 1.165) is 0 Å². The van der Waals surface area contributed by atoms with Crippen LogP contribution in [0.3, 0.4) is 0 Å². The van der Waals surface area contributed by atoms with Gasteiger partial charge in [0.15, 0.2) is 10.8 Å². The second kappa shape index (κ2) is 5.56. The molecule has 4 aromatic rings. The summed E-state index contributed by atoms with van der Waals surface area (Å²) < 4.78 is 3.23. The molecule has 0 bridgehead atoms. The first kappa shape index (κ1) is 15.1. The number of nitrogens with two attached hydrogens (primary N) is 1. The predicted molar refractivity (Wildman–Crippen MR) is 93.7 cm³/mol. The summed E-state index contributed by atoms with van der Waals surface area (Å²) in [4.78, 5) is 32.6. The Morgan fingerprint density at radius 2 is 2.08 bits per heavy atom. The molecule has 25 heavy (non-hydrogen) atoms. The van der Waals surface area contributed by atoms with E-state index in [-0.39, 0.29) is 10.9 Å². The number of nitrogen functional groups attached to an aromatic ring is 1. The molecule has 0 amide bonds. The number of pyridine rings is 2. The summed E-state index contributed by atoms with van der Waals surface area (Å²) in [5.41, 5.74) is 5.73. The average Bonchev–Trinajstić information content (AvgIpc) is 3.26. The molecule has 4 rings (SSSR count). The van der Waals surface area contributed by atoms with Crippen LogP contribution in [0.1, 0.15) is 10.4 Å². The van der Waals surface area contributed by atoms with Crippen LogP contribution in [0.15, 0.2) is 53.2 Å². The Balaban J connectivity index is 2.06. The van der Waals surface area contributed by atoms with Gasteiger partial charge in [-0.1, -0.05) is 0 Å². The highest BCUT2D eigenvalue weighted by molar-refractivity contribution is 7.12. The SMILES string of the molecule is Nc1ccn(-c2ccc3c(=O)c(C(=O)O)cn(-c4nccs4)c3n2)c1. The fourth-order valence-electron chi connectivity index (χ4n) is 2.53. The van der Waals surface area contributed by atoms with Gasteiger partial charge in [-0.3, -0.25) is 9.36 Å². The number of anilines is 1. The molecule has 3 N–H and O–H groups in total. The molecule has 0 saturated carbocycles. The molecule has 0 aliphatic carbocycles. The summed E-state index contributed by atoms with van der Waals surface area (Å²) >= 11 is 1.31. The fourth-order valence-corrected chi connectivity index (χ4v) is 3.14. The van der Waals surface area contributed by atoms with E-state index in [2.05, 4.69) is 9.97 Å². The maximum atomic E-state index is 12.5. The van der Waals surface area contributed by atoms with Gasteiger partial charge in [-0.05, 0) is 18.2 Å². The average molecular weight is 353 g/mol. The number of aromatic nitrogens is 4. The molecular formula is C16H11N5O3S. The predicted octanol–water partition coefficient (Wildman–Crippen LogP) is 1.91. The van der Waals surface area contributed by atoms with Crippen LogP contribution in [0.2, 0.25) is 0 Å². The van der Waals surface area contributed by atoms with Gasteiger partial charge in [0.05, 0.1) is 5.39 Å². The van der Waals surface area contributed by atoms with E-state index in [4.69, 9.17) is 5.73 Å². The van der Waals surface area contributed by atoms with Crippen LogP contribution in [0, 0.1) is 0 Å². The van der Waals surface area contributed by atoms with Gasteiger partial charge in [0.25, 0.3) is 0 Å². The molecular weight excluding hydrogens is 342 g/mol. The molecule has 9 heteroatoms. The van der Waals surface area contributed by atoms with Crippen molar-refractivity contribution in [2.24, 2.45) is 0 Å². The van der Waals surface area contributed by atoms with Crippen LogP contribution < -0.4 is 11.2 Å². The first-order chi connectivity index (χ1) is 12.0. The van der Waals surface area contributed by atoms with Gasteiger partial charge in [0.2, 0.25) is 5.43 Å². The summed E-state index contributed by atoms with van der Waals surface area (Å²) in [6, 6.07) is 4.93. The van der Waals surface area contributed by atoms with Crippen LogP contribution in [-0.4, -0.2) is 30.2 Å². The van der Waals surface area contributed by atoms with Crippen molar-refractivity contribution in [3.05, 3.63) is 64.2 Å². The van der Waals surface area contributed by atoms with E-state index < -0.39 is 11.4 Å². The molecule has 0 aromatic carbocycles. The quantitative estimate of drug-likeness (QED) is 0.581. The molecule has 0 radical (unpaired) electrons.